The second-order valence-electron chi connectivity index (χ2n) is 9.44. The number of ether oxygens (including phenoxy) is 3. The van der Waals surface area contributed by atoms with Gasteiger partial charge in [-0.2, -0.15) is 0 Å². The van der Waals surface area contributed by atoms with Gasteiger partial charge in [0.05, 0.1) is 49.6 Å². The van der Waals surface area contributed by atoms with Crippen molar-refractivity contribution < 1.29 is 23.9 Å². The van der Waals surface area contributed by atoms with E-state index in [0.29, 0.717) is 25.3 Å². The molecule has 0 aliphatic carbocycles. The monoisotopic (exact) mass is 496 g/mol. The Kier molecular flexibility index (Phi) is 6.37. The smallest absolute Gasteiger partial charge is 0.255 e. The predicted molar refractivity (Wildman–Crippen MR) is 141 cm³/mol. The zero-order valence-corrected chi connectivity index (χ0v) is 20.9. The maximum Gasteiger partial charge on any atom is 0.255 e. The van der Waals surface area contributed by atoms with Gasteiger partial charge in [-0.05, 0) is 61.5 Å². The van der Waals surface area contributed by atoms with Gasteiger partial charge in [-0.3, -0.25) is 4.79 Å². The molecule has 1 fully saturated rings. The average molecular weight is 497 g/mol. The highest BCUT2D eigenvalue weighted by molar-refractivity contribution is 6.07. The lowest BCUT2D eigenvalue weighted by Gasteiger charge is -2.32. The van der Waals surface area contributed by atoms with Crippen molar-refractivity contribution in [2.75, 3.05) is 39.6 Å². The van der Waals surface area contributed by atoms with Gasteiger partial charge >= 0.3 is 0 Å². The Morgan fingerprint density at radius 3 is 2.57 bits per heavy atom. The number of hydrogen-bond acceptors (Lipinski definition) is 5. The van der Waals surface area contributed by atoms with E-state index in [1.54, 1.807) is 0 Å². The molecule has 0 unspecified atom stereocenters. The van der Waals surface area contributed by atoms with Crippen LogP contribution in [0, 0.1) is 0 Å². The highest BCUT2D eigenvalue weighted by atomic mass is 16.7. The van der Waals surface area contributed by atoms with E-state index in [9.17, 15) is 4.79 Å². The summed E-state index contributed by atoms with van der Waals surface area (Å²) >= 11 is 0. The Hall–Kier alpha value is -4.10. The number of carbonyl (C=O) groups excluding carboxylic acids is 1. The molecule has 0 saturated carbocycles. The molecule has 0 radical (unpaired) electrons. The molecule has 0 bridgehead atoms. The van der Waals surface area contributed by atoms with Gasteiger partial charge in [0.2, 0.25) is 6.79 Å². The molecule has 1 N–H and O–H groups in total. The van der Waals surface area contributed by atoms with Crippen molar-refractivity contribution in [2.45, 2.75) is 13.5 Å². The highest BCUT2D eigenvalue weighted by Gasteiger charge is 2.27. The van der Waals surface area contributed by atoms with Crippen LogP contribution >= 0.6 is 0 Å². The second kappa shape index (κ2) is 10.1. The number of amides is 1. The number of pyridine rings is 1. The zero-order valence-electron chi connectivity index (χ0n) is 20.9. The minimum Gasteiger partial charge on any atom is -0.494 e. The Bertz CT molecular complexity index is 1430. The number of rotatable bonds is 6. The molecular weight excluding hydrogens is 466 g/mol. The molecule has 7 heteroatoms. The second-order valence-corrected chi connectivity index (χ2v) is 9.44. The number of fused-ring (bicyclic) bond motifs is 2. The Morgan fingerprint density at radius 1 is 0.973 bits per heavy atom. The van der Waals surface area contributed by atoms with E-state index in [0.717, 1.165) is 59.0 Å². The van der Waals surface area contributed by atoms with Crippen molar-refractivity contribution in [1.29, 1.82) is 0 Å². The molecule has 0 spiro atoms. The third-order valence-corrected chi connectivity index (χ3v) is 7.06. The largest absolute Gasteiger partial charge is 0.494 e. The maximum atomic E-state index is 13.8. The third-order valence-electron chi connectivity index (χ3n) is 7.06. The zero-order chi connectivity index (χ0) is 25.2. The minimum absolute atomic E-state index is 0.0629. The van der Waals surface area contributed by atoms with E-state index >= 15 is 0 Å². The summed E-state index contributed by atoms with van der Waals surface area (Å²) in [5, 5.41) is 0.886. The fourth-order valence-corrected chi connectivity index (χ4v) is 5.10. The van der Waals surface area contributed by atoms with Gasteiger partial charge in [-0.25, -0.2) is 4.98 Å². The van der Waals surface area contributed by atoms with E-state index in [1.807, 2.05) is 72.5 Å². The molecule has 2 aliphatic heterocycles. The molecule has 1 saturated heterocycles. The number of piperazine rings is 1. The first kappa shape index (κ1) is 23.3. The van der Waals surface area contributed by atoms with Crippen LogP contribution in [0.5, 0.6) is 17.2 Å². The first-order valence-corrected chi connectivity index (χ1v) is 12.8. The van der Waals surface area contributed by atoms with E-state index in [-0.39, 0.29) is 12.7 Å². The van der Waals surface area contributed by atoms with Crippen molar-refractivity contribution in [1.82, 2.24) is 9.88 Å². The molecule has 4 aromatic rings. The quantitative estimate of drug-likeness (QED) is 0.442. The van der Waals surface area contributed by atoms with Gasteiger partial charge < -0.3 is 24.0 Å². The summed E-state index contributed by atoms with van der Waals surface area (Å²) in [5.41, 5.74) is 4.50. The number of nitrogens with zero attached hydrogens (tertiary/aromatic N) is 2. The number of para-hydroxylation sites is 1. The number of hydrogen-bond donors (Lipinski definition) is 1. The lowest BCUT2D eigenvalue weighted by molar-refractivity contribution is -0.917. The SMILES string of the molecule is CCOc1ccc(-c2cc(C(=O)N3CC[NH+](Cc4ccc5c(c4)OCO5)CC3)c3ccccc3n2)cc1. The molecule has 7 nitrogen and oxygen atoms in total. The van der Waals surface area contributed by atoms with Gasteiger partial charge in [0.1, 0.15) is 12.3 Å². The summed E-state index contributed by atoms with van der Waals surface area (Å²) in [4.78, 5) is 22.1. The predicted octanol–water partition coefficient (Wildman–Crippen LogP) is 3.57. The molecule has 1 aromatic heterocycles. The van der Waals surface area contributed by atoms with Crippen molar-refractivity contribution in [2.24, 2.45) is 0 Å². The van der Waals surface area contributed by atoms with E-state index in [2.05, 4.69) is 12.1 Å². The van der Waals surface area contributed by atoms with E-state index in [1.165, 1.54) is 10.5 Å². The van der Waals surface area contributed by atoms with Crippen LogP contribution in [0.4, 0.5) is 0 Å². The summed E-state index contributed by atoms with van der Waals surface area (Å²) < 4.78 is 16.5. The normalized spacial score (nSPS) is 15.2. The van der Waals surface area contributed by atoms with Crippen molar-refractivity contribution in [3.8, 4) is 28.5 Å². The van der Waals surface area contributed by atoms with Crippen molar-refractivity contribution in [3.05, 3.63) is 83.9 Å². The molecule has 3 aromatic carbocycles. The molecule has 0 atom stereocenters. The summed E-state index contributed by atoms with van der Waals surface area (Å²) in [6.07, 6.45) is 0. The Morgan fingerprint density at radius 2 is 1.76 bits per heavy atom. The topological polar surface area (TPSA) is 65.3 Å². The molecule has 1 amide bonds. The molecular formula is C30H30N3O4+. The Balaban J connectivity index is 1.19. The summed E-state index contributed by atoms with van der Waals surface area (Å²) in [6, 6.07) is 23.8. The molecule has 6 rings (SSSR count). The first-order chi connectivity index (χ1) is 18.2. The van der Waals surface area contributed by atoms with Crippen LogP contribution in [0.3, 0.4) is 0 Å². The number of aromatic nitrogens is 1. The van der Waals surface area contributed by atoms with Crippen LogP contribution in [0.1, 0.15) is 22.8 Å². The molecule has 2 aliphatic rings. The van der Waals surface area contributed by atoms with E-state index < -0.39 is 0 Å². The number of benzene rings is 3. The fraction of sp³-hybridized carbons (Fsp3) is 0.267. The van der Waals surface area contributed by atoms with Gasteiger partial charge in [-0.1, -0.05) is 18.2 Å². The van der Waals surface area contributed by atoms with Crippen LogP contribution in [-0.4, -0.2) is 55.4 Å². The standard InChI is InChI=1S/C30H29N3O4/c1-2-35-23-10-8-22(9-11-23)27-18-25(24-5-3-4-6-26(24)31-27)30(34)33-15-13-32(14-16-33)19-21-7-12-28-29(17-21)37-20-36-28/h3-12,17-18H,2,13-16,19-20H2,1H3/p+1. The van der Waals surface area contributed by atoms with Crippen LogP contribution in [0.25, 0.3) is 22.2 Å². The highest BCUT2D eigenvalue weighted by Crippen LogP contribution is 2.32. The van der Waals surface area contributed by atoms with Gasteiger partial charge in [0.25, 0.3) is 5.91 Å². The lowest BCUT2D eigenvalue weighted by atomic mass is 10.0. The van der Waals surface area contributed by atoms with Crippen LogP contribution in [0.2, 0.25) is 0 Å². The fourth-order valence-electron chi connectivity index (χ4n) is 5.10. The summed E-state index contributed by atoms with van der Waals surface area (Å²) in [7, 11) is 0. The third kappa shape index (κ3) is 4.82. The summed E-state index contributed by atoms with van der Waals surface area (Å²) in [5.74, 6) is 2.51. The molecule has 3 heterocycles. The average Bonchev–Trinajstić information content (AvgIpc) is 3.41. The number of nitrogens with one attached hydrogen (secondary N) is 1. The minimum atomic E-state index is 0.0629. The van der Waals surface area contributed by atoms with Gasteiger partial charge in [0, 0.05) is 16.5 Å². The van der Waals surface area contributed by atoms with Gasteiger partial charge in [-0.15, -0.1) is 0 Å². The number of quaternary nitrogens is 1. The Labute approximate surface area is 216 Å². The molecule has 188 valence electrons. The van der Waals surface area contributed by atoms with E-state index in [4.69, 9.17) is 19.2 Å². The summed E-state index contributed by atoms with van der Waals surface area (Å²) in [6.45, 7) is 7.01. The molecule has 37 heavy (non-hydrogen) atoms. The first-order valence-electron chi connectivity index (χ1n) is 12.8. The maximum absolute atomic E-state index is 13.8. The lowest BCUT2D eigenvalue weighted by Crippen LogP contribution is -3.13. The van der Waals surface area contributed by atoms with Crippen LogP contribution in [-0.2, 0) is 6.54 Å². The van der Waals surface area contributed by atoms with Gasteiger partial charge in [0.15, 0.2) is 11.5 Å². The van der Waals surface area contributed by atoms with Crippen molar-refractivity contribution >= 4 is 16.8 Å². The number of carbonyl (C=O) groups is 1. The van der Waals surface area contributed by atoms with Crippen LogP contribution in [0.15, 0.2) is 72.8 Å². The van der Waals surface area contributed by atoms with Crippen molar-refractivity contribution in [3.63, 3.8) is 0 Å². The van der Waals surface area contributed by atoms with Crippen LogP contribution < -0.4 is 19.1 Å².